The van der Waals surface area contributed by atoms with Crippen molar-refractivity contribution in [1.29, 1.82) is 0 Å². The second kappa shape index (κ2) is 6.65. The van der Waals surface area contributed by atoms with Crippen LogP contribution in [-0.4, -0.2) is 60.0 Å². The van der Waals surface area contributed by atoms with Crippen LogP contribution in [0, 0.1) is 0 Å². The number of aliphatic hydroxyl groups is 3. The van der Waals surface area contributed by atoms with Crippen LogP contribution in [0.1, 0.15) is 6.23 Å². The largest absolute Gasteiger partial charge is 1.00 e. The first kappa shape index (κ1) is 18.0. The van der Waals surface area contributed by atoms with Crippen LogP contribution in [0.5, 0.6) is 0 Å². The van der Waals surface area contributed by atoms with E-state index in [1.807, 2.05) is 0 Å². The van der Waals surface area contributed by atoms with Crippen LogP contribution in [-0.2, 0) is 4.74 Å². The SMILES string of the molecule is Nc1cnc2c(=O)[nH]n([C@@H]3O[C@H](CO)[C@@H](O)[C@H]3O)c(=O)c2n1.[Na+]. The average molecular weight is 334 g/mol. The van der Waals surface area contributed by atoms with Crippen molar-refractivity contribution in [2.24, 2.45) is 0 Å². The van der Waals surface area contributed by atoms with E-state index in [-0.39, 0.29) is 46.4 Å². The van der Waals surface area contributed by atoms with Crippen molar-refractivity contribution < 1.29 is 49.6 Å². The summed E-state index contributed by atoms with van der Waals surface area (Å²) in [5.41, 5.74) is 3.42. The maximum Gasteiger partial charge on any atom is 1.00 e. The van der Waals surface area contributed by atoms with Crippen LogP contribution in [0.3, 0.4) is 0 Å². The van der Waals surface area contributed by atoms with Crippen LogP contribution in [0.2, 0.25) is 0 Å². The minimum absolute atomic E-state index is 0. The number of anilines is 1. The first-order valence-corrected chi connectivity index (χ1v) is 6.33. The van der Waals surface area contributed by atoms with Gasteiger partial charge in [0.2, 0.25) is 0 Å². The molecule has 118 valence electrons. The van der Waals surface area contributed by atoms with E-state index < -0.39 is 42.3 Å². The number of hydrogen-bond acceptors (Lipinski definition) is 9. The molecule has 0 aliphatic carbocycles. The van der Waals surface area contributed by atoms with Crippen molar-refractivity contribution >= 4 is 16.9 Å². The molecule has 0 unspecified atom stereocenters. The molecule has 23 heavy (non-hydrogen) atoms. The van der Waals surface area contributed by atoms with E-state index in [4.69, 9.17) is 15.6 Å². The van der Waals surface area contributed by atoms with Crippen molar-refractivity contribution in [2.75, 3.05) is 12.3 Å². The fourth-order valence-electron chi connectivity index (χ4n) is 2.32. The molecule has 0 saturated carbocycles. The third-order valence-electron chi connectivity index (χ3n) is 3.42. The Morgan fingerprint density at radius 3 is 2.61 bits per heavy atom. The van der Waals surface area contributed by atoms with Gasteiger partial charge in [0.15, 0.2) is 17.3 Å². The molecule has 2 aromatic heterocycles. The Balaban J connectivity index is 0.00000192. The summed E-state index contributed by atoms with van der Waals surface area (Å²) in [4.78, 5) is 31.8. The number of nitrogens with one attached hydrogen (secondary N) is 1. The molecule has 1 fully saturated rings. The molecule has 11 nitrogen and oxygen atoms in total. The van der Waals surface area contributed by atoms with Gasteiger partial charge in [-0.15, -0.1) is 0 Å². The third kappa shape index (κ3) is 2.92. The molecule has 1 aliphatic rings. The zero-order valence-electron chi connectivity index (χ0n) is 12.1. The van der Waals surface area contributed by atoms with Crippen LogP contribution in [0.4, 0.5) is 5.82 Å². The smallest absolute Gasteiger partial charge is 0.394 e. The molecular weight excluding hydrogens is 321 g/mol. The second-order valence-electron chi connectivity index (χ2n) is 4.84. The molecule has 2 aromatic rings. The molecule has 6 N–H and O–H groups in total. The third-order valence-corrected chi connectivity index (χ3v) is 3.42. The molecule has 0 aromatic carbocycles. The molecule has 12 heteroatoms. The van der Waals surface area contributed by atoms with Gasteiger partial charge in [0.1, 0.15) is 24.1 Å². The number of aliphatic hydroxyl groups excluding tert-OH is 3. The van der Waals surface area contributed by atoms with E-state index in [1.54, 1.807) is 0 Å². The summed E-state index contributed by atoms with van der Waals surface area (Å²) in [6.45, 7) is -0.561. The Morgan fingerprint density at radius 1 is 1.30 bits per heavy atom. The van der Waals surface area contributed by atoms with Gasteiger partial charge in [0, 0.05) is 0 Å². The Kier molecular flexibility index (Phi) is 5.20. The van der Waals surface area contributed by atoms with E-state index in [9.17, 15) is 19.8 Å². The fourth-order valence-corrected chi connectivity index (χ4v) is 2.32. The fraction of sp³-hybridized carbons (Fsp3) is 0.455. The summed E-state index contributed by atoms with van der Waals surface area (Å²) in [5.74, 6) is -0.0529. The number of hydrogen-bond donors (Lipinski definition) is 5. The average Bonchev–Trinajstić information content (AvgIpc) is 2.78. The number of nitrogens with two attached hydrogens (primary N) is 1. The molecule has 4 atom stereocenters. The monoisotopic (exact) mass is 334 g/mol. The van der Waals surface area contributed by atoms with Gasteiger partial charge < -0.3 is 25.8 Å². The van der Waals surface area contributed by atoms with E-state index in [2.05, 4.69) is 15.1 Å². The first-order valence-electron chi connectivity index (χ1n) is 6.33. The number of fused-ring (bicyclic) bond motifs is 1. The van der Waals surface area contributed by atoms with Crippen molar-refractivity contribution in [1.82, 2.24) is 19.7 Å². The molecule has 0 bridgehead atoms. The Morgan fingerprint density at radius 2 is 2.00 bits per heavy atom. The molecule has 0 radical (unpaired) electrons. The van der Waals surface area contributed by atoms with E-state index in [0.29, 0.717) is 4.68 Å². The summed E-state index contributed by atoms with van der Waals surface area (Å²) in [5, 5.41) is 30.9. The summed E-state index contributed by atoms with van der Waals surface area (Å²) >= 11 is 0. The molecule has 0 spiro atoms. The zero-order chi connectivity index (χ0) is 16.0. The second-order valence-corrected chi connectivity index (χ2v) is 4.84. The molecule has 1 aliphatic heterocycles. The Labute approximate surface area is 150 Å². The van der Waals surface area contributed by atoms with Crippen molar-refractivity contribution in [2.45, 2.75) is 24.5 Å². The van der Waals surface area contributed by atoms with Crippen LogP contribution >= 0.6 is 0 Å². The number of H-pyrrole nitrogens is 1. The van der Waals surface area contributed by atoms with Crippen LogP contribution in [0.15, 0.2) is 15.8 Å². The topological polar surface area (TPSA) is 177 Å². The first-order chi connectivity index (χ1) is 10.4. The molecule has 3 heterocycles. The van der Waals surface area contributed by atoms with E-state index in [1.165, 1.54) is 0 Å². The van der Waals surface area contributed by atoms with Crippen LogP contribution < -0.4 is 46.4 Å². The number of aromatic amines is 1. The normalized spacial score (nSPS) is 27.1. The number of nitrogens with zero attached hydrogens (tertiary/aromatic N) is 3. The maximum absolute atomic E-state index is 12.4. The number of rotatable bonds is 2. The van der Waals surface area contributed by atoms with Crippen molar-refractivity contribution in [3.05, 3.63) is 26.9 Å². The molecule has 3 rings (SSSR count). The number of nitrogen functional groups attached to an aromatic ring is 1. The van der Waals surface area contributed by atoms with E-state index >= 15 is 0 Å². The number of aromatic nitrogens is 4. The van der Waals surface area contributed by atoms with Crippen molar-refractivity contribution in [3.8, 4) is 0 Å². The predicted octanol–water partition coefficient (Wildman–Crippen LogP) is -6.32. The van der Waals surface area contributed by atoms with Gasteiger partial charge >= 0.3 is 29.6 Å². The minimum atomic E-state index is -1.52. The molecule has 0 amide bonds. The molecule has 1 saturated heterocycles. The van der Waals surface area contributed by atoms with Gasteiger partial charge in [-0.3, -0.25) is 14.7 Å². The quantitative estimate of drug-likeness (QED) is 0.334. The predicted molar refractivity (Wildman–Crippen MR) is 71.8 cm³/mol. The Hall–Kier alpha value is -1.34. The standard InChI is InChI=1S/C11H13N5O6.Na/c12-4-1-13-5-6(14-4)10(21)16(15-9(5)20)11-8(19)7(18)3(2-17)22-11;/h1,3,7-8,11,17-19H,2H2,(H2,12,14)(H,15,20);/q;+1/t3-,7-,8-,11-;/m1./s1. The minimum Gasteiger partial charge on any atom is -0.394 e. The zero-order valence-corrected chi connectivity index (χ0v) is 14.1. The summed E-state index contributed by atoms with van der Waals surface area (Å²) in [6.07, 6.45) is -4.25. The van der Waals surface area contributed by atoms with Gasteiger partial charge in [-0.1, -0.05) is 0 Å². The van der Waals surface area contributed by atoms with Crippen molar-refractivity contribution in [3.63, 3.8) is 0 Å². The Bertz CT molecular complexity index is 838. The van der Waals surface area contributed by atoms with Gasteiger partial charge in [-0.25, -0.2) is 14.6 Å². The molecular formula is C11H13N5NaO6+. The summed E-state index contributed by atoms with van der Waals surface area (Å²) < 4.78 is 5.90. The van der Waals surface area contributed by atoms with Crippen LogP contribution in [0.25, 0.3) is 11.0 Å². The van der Waals surface area contributed by atoms with Gasteiger partial charge in [-0.2, -0.15) is 0 Å². The van der Waals surface area contributed by atoms with Gasteiger partial charge in [0.25, 0.3) is 11.1 Å². The van der Waals surface area contributed by atoms with E-state index in [0.717, 1.165) is 6.20 Å². The summed E-state index contributed by atoms with van der Waals surface area (Å²) in [6, 6.07) is 0. The maximum atomic E-state index is 12.4. The summed E-state index contributed by atoms with van der Waals surface area (Å²) in [7, 11) is 0. The number of ether oxygens (including phenoxy) is 1. The van der Waals surface area contributed by atoms with Gasteiger partial charge in [-0.05, 0) is 0 Å². The van der Waals surface area contributed by atoms with Gasteiger partial charge in [0.05, 0.1) is 12.8 Å².